The second-order valence-corrected chi connectivity index (χ2v) is 8.76. The molecule has 0 saturated carbocycles. The molecule has 2 aromatic rings. The highest BCUT2D eigenvalue weighted by Gasteiger charge is 2.28. The van der Waals surface area contributed by atoms with Crippen molar-refractivity contribution >= 4 is 27.0 Å². The molecule has 8 heteroatoms. The van der Waals surface area contributed by atoms with Gasteiger partial charge in [-0.1, -0.05) is 13.8 Å². The van der Waals surface area contributed by atoms with Crippen molar-refractivity contribution in [3.8, 4) is 0 Å². The minimum atomic E-state index is -3.58. The Hall–Kier alpha value is -1.93. The first-order valence-corrected chi connectivity index (χ1v) is 10.0. The second-order valence-electron chi connectivity index (χ2n) is 6.82. The Labute approximate surface area is 148 Å². The number of fused-ring (bicyclic) bond motifs is 1. The molecule has 2 heterocycles. The molecule has 0 aliphatic carbocycles. The van der Waals surface area contributed by atoms with Crippen LogP contribution in [0.3, 0.4) is 0 Å². The summed E-state index contributed by atoms with van der Waals surface area (Å²) in [7, 11) is -3.58. The molecule has 3 rings (SSSR count). The van der Waals surface area contributed by atoms with E-state index in [0.29, 0.717) is 50.5 Å². The van der Waals surface area contributed by atoms with Gasteiger partial charge in [0.15, 0.2) is 0 Å². The number of hydrogen-bond acceptors (Lipinski definition) is 4. The molecule has 0 spiro atoms. The second kappa shape index (κ2) is 7.13. The van der Waals surface area contributed by atoms with E-state index in [1.165, 1.54) is 4.31 Å². The summed E-state index contributed by atoms with van der Waals surface area (Å²) >= 11 is 0. The van der Waals surface area contributed by atoms with Crippen LogP contribution in [-0.4, -0.2) is 59.7 Å². The summed E-state index contributed by atoms with van der Waals surface area (Å²) in [6.07, 6.45) is 2.70. The van der Waals surface area contributed by atoms with Gasteiger partial charge in [0.1, 0.15) is 0 Å². The summed E-state index contributed by atoms with van der Waals surface area (Å²) < 4.78 is 27.4. The van der Waals surface area contributed by atoms with Crippen LogP contribution >= 0.6 is 0 Å². The maximum absolute atomic E-state index is 12.9. The van der Waals surface area contributed by atoms with Gasteiger partial charge in [-0.25, -0.2) is 13.4 Å². The third-order valence-corrected chi connectivity index (χ3v) is 6.31. The Morgan fingerprint density at radius 3 is 2.80 bits per heavy atom. The SMILES string of the molecule is CC(C)CC(=O)N1CCCN(S(=O)(=O)c2ccc3nc[nH]c3c2)CC1. The minimum absolute atomic E-state index is 0.105. The number of carbonyl (C=O) groups excluding carboxylic acids is 1. The van der Waals surface area contributed by atoms with Crippen molar-refractivity contribution in [1.82, 2.24) is 19.2 Å². The zero-order valence-corrected chi connectivity index (χ0v) is 15.4. The summed E-state index contributed by atoms with van der Waals surface area (Å²) in [5.74, 6) is 0.407. The Morgan fingerprint density at radius 2 is 2.04 bits per heavy atom. The molecule has 1 amide bonds. The van der Waals surface area contributed by atoms with Crippen LogP contribution in [0.4, 0.5) is 0 Å². The van der Waals surface area contributed by atoms with Crippen molar-refractivity contribution in [3.05, 3.63) is 24.5 Å². The van der Waals surface area contributed by atoms with E-state index in [4.69, 9.17) is 0 Å². The van der Waals surface area contributed by atoms with Crippen LogP contribution < -0.4 is 0 Å². The third kappa shape index (κ3) is 3.85. The number of H-pyrrole nitrogens is 1. The number of carbonyl (C=O) groups is 1. The fourth-order valence-electron chi connectivity index (χ4n) is 3.09. The first-order valence-electron chi connectivity index (χ1n) is 8.59. The van der Waals surface area contributed by atoms with Crippen molar-refractivity contribution < 1.29 is 13.2 Å². The number of sulfonamides is 1. The van der Waals surface area contributed by atoms with Gasteiger partial charge >= 0.3 is 0 Å². The monoisotopic (exact) mass is 364 g/mol. The van der Waals surface area contributed by atoms with Crippen LogP contribution in [0.5, 0.6) is 0 Å². The molecule has 7 nitrogen and oxygen atoms in total. The molecule has 1 saturated heterocycles. The Balaban J connectivity index is 1.75. The molecule has 1 fully saturated rings. The van der Waals surface area contributed by atoms with E-state index in [-0.39, 0.29) is 10.8 Å². The number of nitrogens with zero attached hydrogens (tertiary/aromatic N) is 3. The summed E-state index contributed by atoms with van der Waals surface area (Å²) in [5.41, 5.74) is 1.44. The molecular weight excluding hydrogens is 340 g/mol. The third-order valence-electron chi connectivity index (χ3n) is 4.42. The highest BCUT2D eigenvalue weighted by atomic mass is 32.2. The van der Waals surface area contributed by atoms with E-state index in [9.17, 15) is 13.2 Å². The maximum Gasteiger partial charge on any atom is 0.243 e. The quantitative estimate of drug-likeness (QED) is 0.897. The van der Waals surface area contributed by atoms with Crippen molar-refractivity contribution in [3.63, 3.8) is 0 Å². The summed E-state index contributed by atoms with van der Waals surface area (Å²) in [5, 5.41) is 0. The molecule has 1 aromatic carbocycles. The van der Waals surface area contributed by atoms with Gasteiger partial charge in [-0.15, -0.1) is 0 Å². The van der Waals surface area contributed by atoms with Crippen LogP contribution in [-0.2, 0) is 14.8 Å². The first-order chi connectivity index (χ1) is 11.9. The Kier molecular flexibility index (Phi) is 5.10. The average molecular weight is 364 g/mol. The number of aromatic nitrogens is 2. The molecule has 1 aliphatic rings. The normalized spacial score (nSPS) is 17.2. The number of benzene rings is 1. The van der Waals surface area contributed by atoms with Gasteiger partial charge in [0, 0.05) is 32.6 Å². The van der Waals surface area contributed by atoms with Crippen LogP contribution in [0.2, 0.25) is 0 Å². The van der Waals surface area contributed by atoms with Gasteiger partial charge in [-0.3, -0.25) is 4.79 Å². The smallest absolute Gasteiger partial charge is 0.243 e. The summed E-state index contributed by atoms with van der Waals surface area (Å²) in [4.78, 5) is 21.3. The number of imidazole rings is 1. The number of nitrogens with one attached hydrogen (secondary N) is 1. The lowest BCUT2D eigenvalue weighted by atomic mass is 10.1. The van der Waals surface area contributed by atoms with Gasteiger partial charge in [0.2, 0.25) is 15.9 Å². The molecule has 0 unspecified atom stereocenters. The number of hydrogen-bond donors (Lipinski definition) is 1. The fourth-order valence-corrected chi connectivity index (χ4v) is 4.58. The molecule has 136 valence electrons. The summed E-state index contributed by atoms with van der Waals surface area (Å²) in [6.45, 7) is 5.83. The highest BCUT2D eigenvalue weighted by Crippen LogP contribution is 2.21. The van der Waals surface area contributed by atoms with Crippen molar-refractivity contribution in [1.29, 1.82) is 0 Å². The highest BCUT2D eigenvalue weighted by molar-refractivity contribution is 7.89. The van der Waals surface area contributed by atoms with Crippen LogP contribution in [0.15, 0.2) is 29.4 Å². The van der Waals surface area contributed by atoms with Gasteiger partial charge < -0.3 is 9.88 Å². The van der Waals surface area contributed by atoms with E-state index in [0.717, 1.165) is 5.52 Å². The van der Waals surface area contributed by atoms with Crippen molar-refractivity contribution in [2.45, 2.75) is 31.6 Å². The van der Waals surface area contributed by atoms with E-state index in [2.05, 4.69) is 9.97 Å². The van der Waals surface area contributed by atoms with E-state index >= 15 is 0 Å². The predicted molar refractivity (Wildman–Crippen MR) is 95.5 cm³/mol. The van der Waals surface area contributed by atoms with E-state index < -0.39 is 10.0 Å². The zero-order chi connectivity index (χ0) is 18.0. The van der Waals surface area contributed by atoms with Gasteiger partial charge in [0.25, 0.3) is 0 Å². The fraction of sp³-hybridized carbons (Fsp3) is 0.529. The van der Waals surface area contributed by atoms with Crippen molar-refractivity contribution in [2.75, 3.05) is 26.2 Å². The Bertz CT molecular complexity index is 860. The van der Waals surface area contributed by atoms with Gasteiger partial charge in [-0.2, -0.15) is 4.31 Å². The lowest BCUT2D eigenvalue weighted by Gasteiger charge is -2.22. The zero-order valence-electron chi connectivity index (χ0n) is 14.6. The average Bonchev–Trinajstić information content (AvgIpc) is 2.87. The standard InChI is InChI=1S/C17H24N4O3S/c1-13(2)10-17(22)20-6-3-7-21(9-8-20)25(23,24)14-4-5-15-16(11-14)19-12-18-15/h4-5,11-13H,3,6-10H2,1-2H3,(H,18,19). The lowest BCUT2D eigenvalue weighted by Crippen LogP contribution is -2.37. The topological polar surface area (TPSA) is 86.4 Å². The van der Waals surface area contributed by atoms with Gasteiger partial charge in [0.05, 0.1) is 22.3 Å². The minimum Gasteiger partial charge on any atom is -0.345 e. The molecule has 0 atom stereocenters. The number of amides is 1. The molecular formula is C17H24N4O3S. The van der Waals surface area contributed by atoms with Crippen LogP contribution in [0, 0.1) is 5.92 Å². The maximum atomic E-state index is 12.9. The first kappa shape index (κ1) is 17.9. The van der Waals surface area contributed by atoms with Crippen LogP contribution in [0.1, 0.15) is 26.7 Å². The van der Waals surface area contributed by atoms with E-state index in [1.54, 1.807) is 29.4 Å². The predicted octanol–water partition coefficient (Wildman–Crippen LogP) is 1.83. The molecule has 1 aromatic heterocycles. The summed E-state index contributed by atoms with van der Waals surface area (Å²) in [6, 6.07) is 4.91. The molecule has 25 heavy (non-hydrogen) atoms. The lowest BCUT2D eigenvalue weighted by molar-refractivity contribution is -0.131. The number of rotatable bonds is 4. The largest absolute Gasteiger partial charge is 0.345 e. The molecule has 1 N–H and O–H groups in total. The van der Waals surface area contributed by atoms with E-state index in [1.807, 2.05) is 13.8 Å². The number of aromatic amines is 1. The molecule has 0 radical (unpaired) electrons. The molecule has 1 aliphatic heterocycles. The Morgan fingerprint density at radius 1 is 1.24 bits per heavy atom. The van der Waals surface area contributed by atoms with Crippen molar-refractivity contribution in [2.24, 2.45) is 5.92 Å². The van der Waals surface area contributed by atoms with Crippen LogP contribution in [0.25, 0.3) is 11.0 Å². The van der Waals surface area contributed by atoms with Gasteiger partial charge in [-0.05, 0) is 30.5 Å². The molecule has 0 bridgehead atoms.